The molecule has 2 aromatic heterocycles. The Morgan fingerprint density at radius 2 is 2.00 bits per heavy atom. The van der Waals surface area contributed by atoms with Crippen LogP contribution in [0.25, 0.3) is 0 Å². The van der Waals surface area contributed by atoms with Gasteiger partial charge < -0.3 is 15.0 Å². The number of hydrogen-bond acceptors (Lipinski definition) is 7. The zero-order chi connectivity index (χ0) is 14.5. The summed E-state index contributed by atoms with van der Waals surface area (Å²) < 4.78 is 7.26. The van der Waals surface area contributed by atoms with Crippen molar-refractivity contribution in [2.45, 2.75) is 13.8 Å². The van der Waals surface area contributed by atoms with Gasteiger partial charge in [-0.05, 0) is 13.8 Å². The summed E-state index contributed by atoms with van der Waals surface area (Å²) in [6.45, 7) is 5.73. The minimum atomic E-state index is 0.249. The second-order valence-corrected chi connectivity index (χ2v) is 4.12. The van der Waals surface area contributed by atoms with Crippen molar-refractivity contribution in [2.75, 3.05) is 30.4 Å². The fourth-order valence-electron chi connectivity index (χ4n) is 1.71. The lowest BCUT2D eigenvalue weighted by molar-refractivity contribution is 0.439. The van der Waals surface area contributed by atoms with Crippen LogP contribution >= 0.6 is 0 Å². The molecule has 0 aliphatic heterocycles. The molecule has 0 aliphatic rings. The SMILES string of the molecule is CCN(CC)c1nc(NC)nc(Oc2cnn(C)c2)n1. The Labute approximate surface area is 117 Å². The van der Waals surface area contributed by atoms with Crippen molar-refractivity contribution in [3.8, 4) is 11.8 Å². The maximum Gasteiger partial charge on any atom is 0.328 e. The molecule has 0 saturated carbocycles. The Balaban J connectivity index is 2.29. The first kappa shape index (κ1) is 14.0. The van der Waals surface area contributed by atoms with E-state index in [0.29, 0.717) is 17.6 Å². The lowest BCUT2D eigenvalue weighted by atomic mass is 10.5. The molecule has 0 saturated heterocycles. The number of ether oxygens (including phenoxy) is 1. The summed E-state index contributed by atoms with van der Waals surface area (Å²) >= 11 is 0. The Morgan fingerprint density at radius 3 is 2.55 bits per heavy atom. The summed E-state index contributed by atoms with van der Waals surface area (Å²) in [6.07, 6.45) is 3.36. The van der Waals surface area contributed by atoms with Crippen molar-refractivity contribution >= 4 is 11.9 Å². The van der Waals surface area contributed by atoms with E-state index in [-0.39, 0.29) is 6.01 Å². The van der Waals surface area contributed by atoms with Gasteiger partial charge in [-0.15, -0.1) is 0 Å². The van der Waals surface area contributed by atoms with E-state index in [1.165, 1.54) is 0 Å². The van der Waals surface area contributed by atoms with Crippen molar-refractivity contribution in [2.24, 2.45) is 7.05 Å². The minimum Gasteiger partial charge on any atom is -0.421 e. The first-order valence-corrected chi connectivity index (χ1v) is 6.51. The van der Waals surface area contributed by atoms with Gasteiger partial charge in [0.2, 0.25) is 11.9 Å². The third-order valence-corrected chi connectivity index (χ3v) is 2.76. The summed E-state index contributed by atoms with van der Waals surface area (Å²) in [5.41, 5.74) is 0. The Bertz CT molecular complexity index is 565. The van der Waals surface area contributed by atoms with Crippen LogP contribution in [-0.4, -0.2) is 44.9 Å². The monoisotopic (exact) mass is 277 g/mol. The van der Waals surface area contributed by atoms with E-state index in [1.54, 1.807) is 24.1 Å². The highest BCUT2D eigenvalue weighted by Crippen LogP contribution is 2.20. The molecular weight excluding hydrogens is 258 g/mol. The van der Waals surface area contributed by atoms with Crippen LogP contribution in [0.3, 0.4) is 0 Å². The zero-order valence-corrected chi connectivity index (χ0v) is 12.2. The number of nitrogens with one attached hydrogen (secondary N) is 1. The third-order valence-electron chi connectivity index (χ3n) is 2.76. The summed E-state index contributed by atoms with van der Waals surface area (Å²) in [5, 5.41) is 6.95. The number of nitrogens with zero attached hydrogens (tertiary/aromatic N) is 6. The molecule has 0 spiro atoms. The Kier molecular flexibility index (Phi) is 4.34. The molecule has 20 heavy (non-hydrogen) atoms. The highest BCUT2D eigenvalue weighted by atomic mass is 16.5. The van der Waals surface area contributed by atoms with E-state index in [0.717, 1.165) is 13.1 Å². The van der Waals surface area contributed by atoms with Crippen molar-refractivity contribution in [3.05, 3.63) is 12.4 Å². The predicted molar refractivity (Wildman–Crippen MR) is 76.2 cm³/mol. The van der Waals surface area contributed by atoms with Crippen LogP contribution in [0.1, 0.15) is 13.8 Å². The van der Waals surface area contributed by atoms with Gasteiger partial charge in [0, 0.05) is 27.2 Å². The highest BCUT2D eigenvalue weighted by Gasteiger charge is 2.12. The van der Waals surface area contributed by atoms with E-state index in [2.05, 4.69) is 25.4 Å². The smallest absolute Gasteiger partial charge is 0.328 e. The highest BCUT2D eigenvalue weighted by molar-refractivity contribution is 5.38. The molecule has 0 bridgehead atoms. The maximum absolute atomic E-state index is 5.61. The quantitative estimate of drug-likeness (QED) is 0.851. The summed E-state index contributed by atoms with van der Waals surface area (Å²) in [7, 11) is 3.58. The zero-order valence-electron chi connectivity index (χ0n) is 12.2. The number of aryl methyl sites for hydroxylation is 1. The molecule has 0 aromatic carbocycles. The van der Waals surface area contributed by atoms with Gasteiger partial charge >= 0.3 is 6.01 Å². The van der Waals surface area contributed by atoms with Crippen molar-refractivity contribution in [1.29, 1.82) is 0 Å². The van der Waals surface area contributed by atoms with Gasteiger partial charge in [-0.3, -0.25) is 4.68 Å². The van der Waals surface area contributed by atoms with Crippen LogP contribution < -0.4 is 15.0 Å². The molecule has 1 N–H and O–H groups in total. The summed E-state index contributed by atoms with van der Waals surface area (Å²) in [6, 6.07) is 0.249. The van der Waals surface area contributed by atoms with Crippen LogP contribution in [0.5, 0.6) is 11.8 Å². The molecule has 0 unspecified atom stereocenters. The molecule has 0 fully saturated rings. The van der Waals surface area contributed by atoms with Gasteiger partial charge in [0.15, 0.2) is 5.75 Å². The van der Waals surface area contributed by atoms with Crippen molar-refractivity contribution in [1.82, 2.24) is 24.7 Å². The number of hydrogen-bond donors (Lipinski definition) is 1. The maximum atomic E-state index is 5.61. The normalized spacial score (nSPS) is 10.4. The van der Waals surface area contributed by atoms with Crippen LogP contribution in [0, 0.1) is 0 Å². The Hall–Kier alpha value is -2.38. The lowest BCUT2D eigenvalue weighted by Gasteiger charge is -2.19. The minimum absolute atomic E-state index is 0.249. The van der Waals surface area contributed by atoms with Crippen LogP contribution in [0.2, 0.25) is 0 Å². The van der Waals surface area contributed by atoms with E-state index in [1.807, 2.05) is 25.8 Å². The van der Waals surface area contributed by atoms with Crippen LogP contribution in [0.15, 0.2) is 12.4 Å². The lowest BCUT2D eigenvalue weighted by Crippen LogP contribution is -2.25. The molecule has 2 heterocycles. The molecule has 0 aliphatic carbocycles. The fourth-order valence-corrected chi connectivity index (χ4v) is 1.71. The first-order valence-electron chi connectivity index (χ1n) is 6.51. The van der Waals surface area contributed by atoms with Gasteiger partial charge in [0.25, 0.3) is 0 Å². The van der Waals surface area contributed by atoms with E-state index >= 15 is 0 Å². The second-order valence-electron chi connectivity index (χ2n) is 4.12. The van der Waals surface area contributed by atoms with Gasteiger partial charge in [-0.25, -0.2) is 0 Å². The second kappa shape index (κ2) is 6.18. The fraction of sp³-hybridized carbons (Fsp3) is 0.500. The van der Waals surface area contributed by atoms with Gasteiger partial charge in [-0.1, -0.05) is 0 Å². The van der Waals surface area contributed by atoms with Gasteiger partial charge in [0.05, 0.1) is 12.4 Å². The molecule has 8 nitrogen and oxygen atoms in total. The molecule has 0 radical (unpaired) electrons. The molecule has 8 heteroatoms. The van der Waals surface area contributed by atoms with Crippen molar-refractivity contribution in [3.63, 3.8) is 0 Å². The molecule has 2 aromatic rings. The third kappa shape index (κ3) is 3.14. The van der Waals surface area contributed by atoms with Crippen LogP contribution in [0.4, 0.5) is 11.9 Å². The van der Waals surface area contributed by atoms with Crippen molar-refractivity contribution < 1.29 is 4.74 Å². The number of anilines is 2. The van der Waals surface area contributed by atoms with Gasteiger partial charge in [0.1, 0.15) is 0 Å². The standard InChI is InChI=1S/C12H19N7O/c1-5-19(6-2)11-15-10(13-3)16-12(17-11)20-9-7-14-18(4)8-9/h7-8H,5-6H2,1-4H3,(H,13,15,16,17). The number of rotatable bonds is 6. The van der Waals surface area contributed by atoms with Crippen LogP contribution in [-0.2, 0) is 7.05 Å². The summed E-state index contributed by atoms with van der Waals surface area (Å²) in [5.74, 6) is 1.65. The van der Waals surface area contributed by atoms with Gasteiger partial charge in [-0.2, -0.15) is 20.1 Å². The molecule has 0 amide bonds. The molecule has 0 atom stereocenters. The van der Waals surface area contributed by atoms with E-state index < -0.39 is 0 Å². The largest absolute Gasteiger partial charge is 0.421 e. The average Bonchev–Trinajstić information content (AvgIpc) is 2.85. The topological polar surface area (TPSA) is 81.0 Å². The number of aromatic nitrogens is 5. The first-order chi connectivity index (χ1) is 9.66. The Morgan fingerprint density at radius 1 is 1.25 bits per heavy atom. The predicted octanol–water partition coefficient (Wildman–Crippen LogP) is 1.29. The molecular formula is C12H19N7O. The van der Waals surface area contributed by atoms with E-state index in [4.69, 9.17) is 4.74 Å². The molecule has 2 rings (SSSR count). The van der Waals surface area contributed by atoms with E-state index in [9.17, 15) is 0 Å². The average molecular weight is 277 g/mol. The summed E-state index contributed by atoms with van der Waals surface area (Å²) in [4.78, 5) is 14.9. The molecule has 108 valence electrons.